The van der Waals surface area contributed by atoms with E-state index in [1.165, 1.54) is 0 Å². The second kappa shape index (κ2) is 7.91. The van der Waals surface area contributed by atoms with Crippen molar-refractivity contribution in [2.75, 3.05) is 20.8 Å². The second-order valence-corrected chi connectivity index (χ2v) is 6.12. The maximum Gasteiger partial charge on any atom is 0.312 e. The Labute approximate surface area is 152 Å². The lowest BCUT2D eigenvalue weighted by Crippen LogP contribution is -2.44. The van der Waals surface area contributed by atoms with Crippen LogP contribution in [0.2, 0.25) is 0 Å². The molecule has 26 heavy (non-hydrogen) atoms. The Morgan fingerprint density at radius 1 is 1.04 bits per heavy atom. The van der Waals surface area contributed by atoms with Crippen molar-refractivity contribution in [2.24, 2.45) is 0 Å². The van der Waals surface area contributed by atoms with Gasteiger partial charge in [-0.3, -0.25) is 9.59 Å². The van der Waals surface area contributed by atoms with Gasteiger partial charge in [0, 0.05) is 19.6 Å². The average molecular weight is 354 g/mol. The number of ether oxygens (including phenoxy) is 2. The summed E-state index contributed by atoms with van der Waals surface area (Å²) in [6, 6.07) is 13.3. The van der Waals surface area contributed by atoms with Crippen LogP contribution in [-0.2, 0) is 29.1 Å². The Morgan fingerprint density at radius 2 is 1.69 bits per heavy atom. The van der Waals surface area contributed by atoms with Crippen LogP contribution < -0.4 is 14.8 Å². The minimum atomic E-state index is -0.585. The lowest BCUT2D eigenvalue weighted by atomic mass is 9.98. The average Bonchev–Trinajstić information content (AvgIpc) is 2.70. The molecule has 0 unspecified atom stereocenters. The van der Waals surface area contributed by atoms with Crippen LogP contribution in [0.15, 0.2) is 42.5 Å². The fourth-order valence-corrected chi connectivity index (χ4v) is 3.05. The number of methoxy groups -OCH3 is 2. The quantitative estimate of drug-likeness (QED) is 0.852. The first-order valence-electron chi connectivity index (χ1n) is 8.47. The zero-order valence-electron chi connectivity index (χ0n) is 15.0. The lowest BCUT2D eigenvalue weighted by Gasteiger charge is -2.29. The highest BCUT2D eigenvalue weighted by molar-refractivity contribution is 6.34. The van der Waals surface area contributed by atoms with Crippen LogP contribution in [0, 0.1) is 0 Å². The van der Waals surface area contributed by atoms with E-state index >= 15 is 0 Å². The number of rotatable bonds is 4. The first kappa shape index (κ1) is 17.8. The molecule has 1 aliphatic heterocycles. The molecular formula is C20H22N2O4. The second-order valence-electron chi connectivity index (χ2n) is 6.12. The summed E-state index contributed by atoms with van der Waals surface area (Å²) in [7, 11) is 3.17. The lowest BCUT2D eigenvalue weighted by molar-refractivity contribution is -0.146. The van der Waals surface area contributed by atoms with E-state index in [1.807, 2.05) is 42.5 Å². The van der Waals surface area contributed by atoms with E-state index in [-0.39, 0.29) is 0 Å². The largest absolute Gasteiger partial charge is 0.493 e. The molecule has 0 bridgehead atoms. The standard InChI is InChI=1S/C20H22N2O4/c1-25-17-10-15-8-9-22(13-16(15)11-18(17)26-2)20(24)19(23)21-12-14-6-4-3-5-7-14/h3-7,10-11H,8-9,12-13H2,1-2H3,(H,21,23). The van der Waals surface area contributed by atoms with E-state index in [1.54, 1.807) is 19.1 Å². The molecule has 2 amide bonds. The van der Waals surface area contributed by atoms with Crippen molar-refractivity contribution in [2.45, 2.75) is 19.5 Å². The summed E-state index contributed by atoms with van der Waals surface area (Å²) in [6.45, 7) is 1.22. The molecule has 0 saturated carbocycles. The number of carbonyl (C=O) groups excluding carboxylic acids is 2. The molecular weight excluding hydrogens is 332 g/mol. The molecule has 2 aromatic carbocycles. The number of carbonyl (C=O) groups is 2. The molecule has 0 aliphatic carbocycles. The van der Waals surface area contributed by atoms with Gasteiger partial charge in [0.05, 0.1) is 14.2 Å². The summed E-state index contributed by atoms with van der Waals surface area (Å²) in [5, 5.41) is 2.69. The van der Waals surface area contributed by atoms with Crippen LogP contribution in [0.3, 0.4) is 0 Å². The van der Waals surface area contributed by atoms with Crippen molar-refractivity contribution in [1.29, 1.82) is 0 Å². The highest BCUT2D eigenvalue weighted by atomic mass is 16.5. The first-order valence-corrected chi connectivity index (χ1v) is 8.47. The third-order valence-corrected chi connectivity index (χ3v) is 4.50. The van der Waals surface area contributed by atoms with Gasteiger partial charge in [-0.05, 0) is 35.2 Å². The van der Waals surface area contributed by atoms with Gasteiger partial charge >= 0.3 is 11.8 Å². The molecule has 0 spiro atoms. The molecule has 6 nitrogen and oxygen atoms in total. The molecule has 1 heterocycles. The van der Waals surface area contributed by atoms with Crippen molar-refractivity contribution in [1.82, 2.24) is 10.2 Å². The monoisotopic (exact) mass is 354 g/mol. The van der Waals surface area contributed by atoms with Gasteiger partial charge in [-0.1, -0.05) is 30.3 Å². The van der Waals surface area contributed by atoms with E-state index in [0.717, 1.165) is 16.7 Å². The van der Waals surface area contributed by atoms with Crippen molar-refractivity contribution >= 4 is 11.8 Å². The predicted octanol–water partition coefficient (Wildman–Crippen LogP) is 1.90. The van der Waals surface area contributed by atoms with Gasteiger partial charge in [-0.2, -0.15) is 0 Å². The number of benzene rings is 2. The predicted molar refractivity (Wildman–Crippen MR) is 97.0 cm³/mol. The fraction of sp³-hybridized carbons (Fsp3) is 0.300. The summed E-state index contributed by atoms with van der Waals surface area (Å²) in [5.41, 5.74) is 3.03. The summed E-state index contributed by atoms with van der Waals surface area (Å²) >= 11 is 0. The van der Waals surface area contributed by atoms with Gasteiger partial charge < -0.3 is 19.7 Å². The zero-order chi connectivity index (χ0) is 18.5. The summed E-state index contributed by atoms with van der Waals surface area (Å²) in [6.07, 6.45) is 0.674. The summed E-state index contributed by atoms with van der Waals surface area (Å²) < 4.78 is 10.6. The van der Waals surface area contributed by atoms with E-state index in [2.05, 4.69) is 5.32 Å². The molecule has 3 rings (SSSR count). The van der Waals surface area contributed by atoms with Gasteiger partial charge in [0.1, 0.15) is 0 Å². The normalized spacial score (nSPS) is 12.9. The number of fused-ring (bicyclic) bond motifs is 1. The maximum absolute atomic E-state index is 12.5. The smallest absolute Gasteiger partial charge is 0.312 e. The molecule has 0 fully saturated rings. The zero-order valence-corrected chi connectivity index (χ0v) is 15.0. The molecule has 1 N–H and O–H groups in total. The summed E-state index contributed by atoms with van der Waals surface area (Å²) in [4.78, 5) is 26.2. The molecule has 6 heteroatoms. The minimum Gasteiger partial charge on any atom is -0.493 e. The molecule has 2 aromatic rings. The molecule has 136 valence electrons. The van der Waals surface area contributed by atoms with Crippen LogP contribution in [0.1, 0.15) is 16.7 Å². The van der Waals surface area contributed by atoms with Crippen LogP contribution in [0.4, 0.5) is 0 Å². The van der Waals surface area contributed by atoms with Crippen LogP contribution in [-0.4, -0.2) is 37.5 Å². The number of nitrogens with zero attached hydrogens (tertiary/aromatic N) is 1. The van der Waals surface area contributed by atoms with Gasteiger partial charge in [0.15, 0.2) is 11.5 Å². The molecule has 1 aliphatic rings. The first-order chi connectivity index (χ1) is 12.6. The molecule has 0 aromatic heterocycles. The van der Waals surface area contributed by atoms with E-state index in [0.29, 0.717) is 37.6 Å². The van der Waals surface area contributed by atoms with Crippen LogP contribution >= 0.6 is 0 Å². The van der Waals surface area contributed by atoms with Crippen LogP contribution in [0.25, 0.3) is 0 Å². The van der Waals surface area contributed by atoms with Gasteiger partial charge in [0.2, 0.25) is 0 Å². The Bertz CT molecular complexity index is 805. The third-order valence-electron chi connectivity index (χ3n) is 4.50. The van der Waals surface area contributed by atoms with Crippen molar-refractivity contribution in [3.63, 3.8) is 0 Å². The van der Waals surface area contributed by atoms with Crippen molar-refractivity contribution < 1.29 is 19.1 Å². The SMILES string of the molecule is COc1cc2c(cc1OC)CN(C(=O)C(=O)NCc1ccccc1)CC2. The molecule has 0 atom stereocenters. The Morgan fingerprint density at radius 3 is 2.35 bits per heavy atom. The highest BCUT2D eigenvalue weighted by Crippen LogP contribution is 2.33. The van der Waals surface area contributed by atoms with Crippen molar-refractivity contribution in [3.05, 3.63) is 59.2 Å². The van der Waals surface area contributed by atoms with Gasteiger partial charge in [0.25, 0.3) is 0 Å². The summed E-state index contributed by atoms with van der Waals surface area (Å²) in [5.74, 6) is 0.194. The van der Waals surface area contributed by atoms with Gasteiger partial charge in [-0.25, -0.2) is 0 Å². The highest BCUT2D eigenvalue weighted by Gasteiger charge is 2.26. The maximum atomic E-state index is 12.5. The fourth-order valence-electron chi connectivity index (χ4n) is 3.05. The van der Waals surface area contributed by atoms with Gasteiger partial charge in [-0.15, -0.1) is 0 Å². The van der Waals surface area contributed by atoms with Crippen molar-refractivity contribution in [3.8, 4) is 11.5 Å². The third kappa shape index (κ3) is 3.79. The van der Waals surface area contributed by atoms with E-state index < -0.39 is 11.8 Å². The van der Waals surface area contributed by atoms with E-state index in [4.69, 9.17) is 9.47 Å². The van der Waals surface area contributed by atoms with E-state index in [9.17, 15) is 9.59 Å². The number of hydrogen-bond donors (Lipinski definition) is 1. The topological polar surface area (TPSA) is 67.9 Å². The Balaban J connectivity index is 1.65. The van der Waals surface area contributed by atoms with Crippen LogP contribution in [0.5, 0.6) is 11.5 Å². The number of hydrogen-bond acceptors (Lipinski definition) is 4. The Kier molecular flexibility index (Phi) is 5.41. The number of nitrogens with one attached hydrogen (secondary N) is 1. The minimum absolute atomic E-state index is 0.334. The molecule has 0 radical (unpaired) electrons. The Hall–Kier alpha value is -3.02. The molecule has 0 saturated heterocycles. The number of amides is 2.